The molecule has 4 rings (SSSR count). The molecule has 0 N–H and O–H groups in total. The van der Waals surface area contributed by atoms with Gasteiger partial charge in [0.1, 0.15) is 5.69 Å². The number of morpholine rings is 1. The fourth-order valence-electron chi connectivity index (χ4n) is 3.68. The van der Waals surface area contributed by atoms with Crippen molar-refractivity contribution in [2.45, 2.75) is 13.1 Å². The van der Waals surface area contributed by atoms with E-state index in [1.165, 1.54) is 12.1 Å². The van der Waals surface area contributed by atoms with Gasteiger partial charge in [-0.15, -0.1) is 0 Å². The molecular weight excluding hydrogens is 408 g/mol. The summed E-state index contributed by atoms with van der Waals surface area (Å²) in [7, 11) is 0. The molecular formula is C24H24N4O4. The Morgan fingerprint density at radius 1 is 0.938 bits per heavy atom. The maximum absolute atomic E-state index is 13.0. The molecule has 1 amide bonds. The highest BCUT2D eigenvalue weighted by Gasteiger charge is 2.26. The molecule has 0 atom stereocenters. The van der Waals surface area contributed by atoms with Crippen LogP contribution in [0.25, 0.3) is 0 Å². The molecule has 164 valence electrons. The third kappa shape index (κ3) is 5.09. The lowest BCUT2D eigenvalue weighted by molar-refractivity contribution is -0.384. The highest BCUT2D eigenvalue weighted by molar-refractivity contribution is 5.93. The smallest absolute Gasteiger partial charge is 0.311 e. The van der Waals surface area contributed by atoms with Crippen molar-refractivity contribution in [2.75, 3.05) is 31.2 Å². The number of anilines is 1. The Morgan fingerprint density at radius 2 is 1.50 bits per heavy atom. The lowest BCUT2D eigenvalue weighted by atomic mass is 10.1. The van der Waals surface area contributed by atoms with Crippen molar-refractivity contribution in [1.29, 1.82) is 0 Å². The number of hydrogen-bond acceptors (Lipinski definition) is 6. The average molecular weight is 432 g/mol. The molecule has 0 radical (unpaired) electrons. The summed E-state index contributed by atoms with van der Waals surface area (Å²) in [5, 5.41) is 11.8. The summed E-state index contributed by atoms with van der Waals surface area (Å²) in [5.74, 6) is -0.0642. The van der Waals surface area contributed by atoms with Crippen LogP contribution in [-0.2, 0) is 17.8 Å². The summed E-state index contributed by atoms with van der Waals surface area (Å²) < 4.78 is 5.32. The summed E-state index contributed by atoms with van der Waals surface area (Å²) in [6.45, 7) is 2.73. The number of aromatic nitrogens is 1. The van der Waals surface area contributed by atoms with Crippen LogP contribution in [0.3, 0.4) is 0 Å². The van der Waals surface area contributed by atoms with Crippen molar-refractivity contribution < 1.29 is 14.5 Å². The van der Waals surface area contributed by atoms with Gasteiger partial charge in [0, 0.05) is 32.2 Å². The molecule has 2 heterocycles. The van der Waals surface area contributed by atoms with Crippen molar-refractivity contribution in [3.05, 3.63) is 99.7 Å². The first-order chi connectivity index (χ1) is 15.6. The van der Waals surface area contributed by atoms with Crippen LogP contribution < -0.4 is 4.90 Å². The first-order valence-corrected chi connectivity index (χ1v) is 10.5. The molecule has 1 aromatic heterocycles. The maximum Gasteiger partial charge on any atom is 0.311 e. The van der Waals surface area contributed by atoms with Crippen molar-refractivity contribution in [2.24, 2.45) is 0 Å². The van der Waals surface area contributed by atoms with Gasteiger partial charge < -0.3 is 14.5 Å². The van der Waals surface area contributed by atoms with E-state index >= 15 is 0 Å². The van der Waals surface area contributed by atoms with Crippen LogP contribution in [0.15, 0.2) is 72.8 Å². The average Bonchev–Trinajstić information content (AvgIpc) is 2.84. The molecule has 1 saturated heterocycles. The number of pyridine rings is 1. The maximum atomic E-state index is 13.0. The monoisotopic (exact) mass is 432 g/mol. The zero-order valence-corrected chi connectivity index (χ0v) is 17.6. The molecule has 0 unspecified atom stereocenters. The molecule has 8 heteroatoms. The minimum Gasteiger partial charge on any atom is -0.378 e. The molecule has 1 fully saturated rings. The second-order valence-corrected chi connectivity index (χ2v) is 7.53. The molecule has 8 nitrogen and oxygen atoms in total. The van der Waals surface area contributed by atoms with Gasteiger partial charge in [0.05, 0.1) is 18.1 Å². The molecule has 0 saturated carbocycles. The first-order valence-electron chi connectivity index (χ1n) is 10.5. The normalized spacial score (nSPS) is 13.6. The summed E-state index contributed by atoms with van der Waals surface area (Å²) in [4.78, 5) is 32.4. The lowest BCUT2D eigenvalue weighted by Crippen LogP contribution is -2.41. The van der Waals surface area contributed by atoms with Crippen LogP contribution in [0.2, 0.25) is 0 Å². The summed E-state index contributed by atoms with van der Waals surface area (Å²) in [5.41, 5.74) is 2.04. The second kappa shape index (κ2) is 10.0. The Morgan fingerprint density at radius 3 is 2.03 bits per heavy atom. The van der Waals surface area contributed by atoms with E-state index in [9.17, 15) is 14.9 Å². The summed E-state index contributed by atoms with van der Waals surface area (Å²) in [6, 6.07) is 22.2. The van der Waals surface area contributed by atoms with E-state index in [4.69, 9.17) is 4.74 Å². The number of ether oxygens (including phenoxy) is 1. The quantitative estimate of drug-likeness (QED) is 0.418. The van der Waals surface area contributed by atoms with E-state index in [-0.39, 0.29) is 23.1 Å². The number of carbonyl (C=O) groups is 1. The molecule has 0 spiro atoms. The molecule has 1 aliphatic heterocycles. The van der Waals surface area contributed by atoms with Gasteiger partial charge in [0.15, 0.2) is 0 Å². The van der Waals surface area contributed by atoms with Crippen molar-refractivity contribution in [1.82, 2.24) is 9.88 Å². The van der Waals surface area contributed by atoms with Crippen LogP contribution >= 0.6 is 0 Å². The molecule has 0 aliphatic carbocycles. The van der Waals surface area contributed by atoms with E-state index in [0.717, 1.165) is 11.1 Å². The van der Waals surface area contributed by atoms with Crippen molar-refractivity contribution >= 4 is 17.4 Å². The fraction of sp³-hybridized carbons (Fsp3) is 0.250. The molecule has 32 heavy (non-hydrogen) atoms. The predicted molar refractivity (Wildman–Crippen MR) is 120 cm³/mol. The van der Waals surface area contributed by atoms with Gasteiger partial charge in [0.25, 0.3) is 5.91 Å². The van der Waals surface area contributed by atoms with Crippen molar-refractivity contribution in [3.8, 4) is 0 Å². The number of benzene rings is 2. The lowest BCUT2D eigenvalue weighted by Gasteiger charge is -2.27. The van der Waals surface area contributed by atoms with E-state index in [1.807, 2.05) is 65.6 Å². The van der Waals surface area contributed by atoms with E-state index in [0.29, 0.717) is 39.4 Å². The Bertz CT molecular complexity index is 1030. The van der Waals surface area contributed by atoms with Crippen LogP contribution in [0.1, 0.15) is 21.6 Å². The third-order valence-electron chi connectivity index (χ3n) is 5.30. The second-order valence-electron chi connectivity index (χ2n) is 7.53. The molecule has 2 aromatic carbocycles. The van der Waals surface area contributed by atoms with Crippen LogP contribution in [-0.4, -0.2) is 47.0 Å². The van der Waals surface area contributed by atoms with E-state index in [1.54, 1.807) is 4.90 Å². The van der Waals surface area contributed by atoms with Gasteiger partial charge in [-0.3, -0.25) is 14.9 Å². The number of amides is 1. The number of carbonyl (C=O) groups excluding carboxylic acids is 1. The Balaban J connectivity index is 1.73. The minimum atomic E-state index is -0.450. The minimum absolute atomic E-state index is 0.129. The summed E-state index contributed by atoms with van der Waals surface area (Å²) in [6.07, 6.45) is 0. The Kier molecular flexibility index (Phi) is 6.72. The number of hydrogen-bond donors (Lipinski definition) is 0. The number of nitrogens with zero attached hydrogens (tertiary/aromatic N) is 4. The summed E-state index contributed by atoms with van der Waals surface area (Å²) >= 11 is 0. The predicted octanol–water partition coefficient (Wildman–Crippen LogP) is 3.67. The number of rotatable bonds is 7. The van der Waals surface area contributed by atoms with Crippen LogP contribution in [0.5, 0.6) is 0 Å². The Hall–Kier alpha value is -3.78. The van der Waals surface area contributed by atoms with Crippen LogP contribution in [0, 0.1) is 10.1 Å². The largest absolute Gasteiger partial charge is 0.378 e. The van der Waals surface area contributed by atoms with Gasteiger partial charge in [-0.1, -0.05) is 60.7 Å². The zero-order chi connectivity index (χ0) is 22.3. The van der Waals surface area contributed by atoms with Gasteiger partial charge in [0.2, 0.25) is 5.82 Å². The van der Waals surface area contributed by atoms with Gasteiger partial charge in [-0.25, -0.2) is 4.98 Å². The molecule has 0 bridgehead atoms. The van der Waals surface area contributed by atoms with Gasteiger partial charge in [-0.05, 0) is 17.2 Å². The SMILES string of the molecule is O=C(c1ccc([N+](=O)[O-])c(N(Cc2ccccc2)Cc2ccccc2)n1)N1CCOCC1. The van der Waals surface area contributed by atoms with Crippen molar-refractivity contribution in [3.63, 3.8) is 0 Å². The van der Waals surface area contributed by atoms with E-state index in [2.05, 4.69) is 4.98 Å². The highest BCUT2D eigenvalue weighted by atomic mass is 16.6. The fourth-order valence-corrected chi connectivity index (χ4v) is 3.68. The standard InChI is InChI=1S/C24H24N4O4/c29-24(26-13-15-32-16-14-26)21-11-12-22(28(30)31)23(25-21)27(17-19-7-3-1-4-8-19)18-20-9-5-2-6-10-20/h1-12H,13-18H2. The van der Waals surface area contributed by atoms with Gasteiger partial charge >= 0.3 is 5.69 Å². The molecule has 3 aromatic rings. The Labute approximate surface area is 186 Å². The van der Waals surface area contributed by atoms with Gasteiger partial charge in [-0.2, -0.15) is 0 Å². The molecule has 1 aliphatic rings. The third-order valence-corrected chi connectivity index (χ3v) is 5.30. The zero-order valence-electron chi connectivity index (χ0n) is 17.6. The highest BCUT2D eigenvalue weighted by Crippen LogP contribution is 2.29. The number of nitro groups is 1. The first kappa shape index (κ1) is 21.5. The van der Waals surface area contributed by atoms with E-state index < -0.39 is 4.92 Å². The topological polar surface area (TPSA) is 88.8 Å². The van der Waals surface area contributed by atoms with Crippen LogP contribution in [0.4, 0.5) is 11.5 Å².